The lowest BCUT2D eigenvalue weighted by molar-refractivity contribution is -0.192. The van der Waals surface area contributed by atoms with Crippen LogP contribution in [0, 0.1) is 12.3 Å². The molecule has 0 radical (unpaired) electrons. The van der Waals surface area contributed by atoms with Crippen LogP contribution in [0.2, 0.25) is 0 Å². The summed E-state index contributed by atoms with van der Waals surface area (Å²) in [5, 5.41) is 18.7. The number of halogens is 3. The fraction of sp³-hybridized carbons (Fsp3) is 0.500. The molecular weight excluding hydrogens is 467 g/mol. The number of aryl methyl sites for hydroxylation is 1. The predicted molar refractivity (Wildman–Crippen MR) is 121 cm³/mol. The molecule has 0 amide bonds. The van der Waals surface area contributed by atoms with Crippen molar-refractivity contribution in [3.63, 3.8) is 0 Å². The number of alkyl halides is 3. The maximum Gasteiger partial charge on any atom is 0.490 e. The number of pyridine rings is 1. The van der Waals surface area contributed by atoms with Gasteiger partial charge in [0.1, 0.15) is 11.6 Å². The highest BCUT2D eigenvalue weighted by Gasteiger charge is 2.39. The number of nitrogens with zero attached hydrogens (tertiary/aromatic N) is 5. The molecule has 2 saturated heterocycles. The van der Waals surface area contributed by atoms with E-state index >= 15 is 0 Å². The van der Waals surface area contributed by atoms with E-state index in [1.165, 1.54) is 19.3 Å². The number of rotatable bonds is 3. The van der Waals surface area contributed by atoms with Crippen LogP contribution in [0.4, 0.5) is 19.0 Å². The Morgan fingerprint density at radius 1 is 1.17 bits per heavy atom. The smallest absolute Gasteiger partial charge is 0.490 e. The lowest BCUT2D eigenvalue weighted by Crippen LogP contribution is -2.41. The fourth-order valence-corrected chi connectivity index (χ4v) is 4.53. The van der Waals surface area contributed by atoms with Crippen molar-refractivity contribution >= 4 is 22.7 Å². The molecule has 0 atom stereocenters. The fourth-order valence-electron chi connectivity index (χ4n) is 4.53. The Hall–Kier alpha value is -3.48. The first-order chi connectivity index (χ1) is 16.6. The van der Waals surface area contributed by atoms with Crippen molar-refractivity contribution < 1.29 is 27.8 Å². The monoisotopic (exact) mass is 493 g/mol. The largest absolute Gasteiger partial charge is 0.494 e. The number of methoxy groups -OCH3 is 1. The number of carboxylic acid groups (broad SMARTS) is 1. The minimum atomic E-state index is -5.08. The van der Waals surface area contributed by atoms with Crippen molar-refractivity contribution in [2.75, 3.05) is 38.2 Å². The highest BCUT2D eigenvalue weighted by molar-refractivity contribution is 5.95. The van der Waals surface area contributed by atoms with Crippen LogP contribution in [0.15, 0.2) is 18.6 Å². The molecular formula is C22H26F3N7O3. The number of hydrogen-bond acceptors (Lipinski definition) is 8. The third-order valence-corrected chi connectivity index (χ3v) is 6.54. The number of aromatic nitrogens is 5. The van der Waals surface area contributed by atoms with Gasteiger partial charge in [-0.3, -0.25) is 10.1 Å². The lowest BCUT2D eigenvalue weighted by Gasteiger charge is -2.39. The van der Waals surface area contributed by atoms with Crippen LogP contribution < -0.4 is 15.0 Å². The highest BCUT2D eigenvalue weighted by atomic mass is 19.4. The predicted octanol–water partition coefficient (Wildman–Crippen LogP) is 2.95. The molecule has 1 spiro atoms. The van der Waals surface area contributed by atoms with Crippen molar-refractivity contribution in [1.29, 1.82) is 0 Å². The Morgan fingerprint density at radius 3 is 2.43 bits per heavy atom. The van der Waals surface area contributed by atoms with Gasteiger partial charge in [-0.05, 0) is 38.1 Å². The van der Waals surface area contributed by atoms with Gasteiger partial charge < -0.3 is 20.1 Å². The summed E-state index contributed by atoms with van der Waals surface area (Å²) in [5.41, 5.74) is 3.12. The normalized spacial score (nSPS) is 17.3. The van der Waals surface area contributed by atoms with Crippen LogP contribution in [0.3, 0.4) is 0 Å². The number of H-pyrrole nitrogens is 1. The summed E-state index contributed by atoms with van der Waals surface area (Å²) in [7, 11) is 1.67. The number of carboxylic acids is 1. The van der Waals surface area contributed by atoms with Crippen LogP contribution >= 0.6 is 0 Å². The highest BCUT2D eigenvalue weighted by Crippen LogP contribution is 2.41. The molecule has 0 saturated carbocycles. The van der Waals surface area contributed by atoms with Gasteiger partial charge in [0.05, 0.1) is 42.2 Å². The molecule has 0 bridgehead atoms. The van der Waals surface area contributed by atoms with Crippen molar-refractivity contribution in [3.8, 4) is 17.1 Å². The van der Waals surface area contributed by atoms with Gasteiger partial charge in [-0.15, -0.1) is 0 Å². The van der Waals surface area contributed by atoms with Gasteiger partial charge in [-0.2, -0.15) is 18.3 Å². The number of aromatic amines is 1. The second-order valence-electron chi connectivity index (χ2n) is 8.73. The molecule has 3 aromatic rings. The van der Waals surface area contributed by atoms with Crippen LogP contribution in [0.25, 0.3) is 22.3 Å². The molecule has 3 aromatic heterocycles. The Labute approximate surface area is 198 Å². The maximum absolute atomic E-state index is 10.6. The summed E-state index contributed by atoms with van der Waals surface area (Å²) in [6.45, 7) is 6.24. The van der Waals surface area contributed by atoms with E-state index in [-0.39, 0.29) is 0 Å². The number of fused-ring (bicyclic) bond motifs is 1. The number of aliphatic carboxylic acids is 1. The molecule has 5 heterocycles. The minimum absolute atomic E-state index is 0.453. The molecule has 3 N–H and O–H groups in total. The first-order valence-electron chi connectivity index (χ1n) is 11.1. The van der Waals surface area contributed by atoms with Gasteiger partial charge in [0, 0.05) is 25.3 Å². The summed E-state index contributed by atoms with van der Waals surface area (Å²) in [6, 6.07) is 0. The van der Waals surface area contributed by atoms with E-state index < -0.39 is 12.1 Å². The summed E-state index contributed by atoms with van der Waals surface area (Å²) >= 11 is 0. The summed E-state index contributed by atoms with van der Waals surface area (Å²) < 4.78 is 37.3. The van der Waals surface area contributed by atoms with Gasteiger partial charge in [0.15, 0.2) is 5.82 Å². The van der Waals surface area contributed by atoms with E-state index in [2.05, 4.69) is 25.4 Å². The average Bonchev–Trinajstić information content (AvgIpc) is 3.47. The summed E-state index contributed by atoms with van der Waals surface area (Å²) in [4.78, 5) is 25.3. The van der Waals surface area contributed by atoms with Crippen LogP contribution in [0.1, 0.15) is 25.0 Å². The van der Waals surface area contributed by atoms with Crippen molar-refractivity contribution in [1.82, 2.24) is 30.5 Å². The summed E-state index contributed by atoms with van der Waals surface area (Å²) in [6.07, 6.45) is 3.86. The van der Waals surface area contributed by atoms with E-state index in [0.717, 1.165) is 54.2 Å². The maximum atomic E-state index is 10.6. The molecule has 188 valence electrons. The number of ether oxygens (including phenoxy) is 1. The Balaban J connectivity index is 0.000000364. The quantitative estimate of drug-likeness (QED) is 0.504. The Bertz CT molecular complexity index is 1200. The van der Waals surface area contributed by atoms with Gasteiger partial charge in [0.2, 0.25) is 0 Å². The SMILES string of the molecule is COc1cncc2nc(-c3cn[nH]c3C)nc(N3CCC4(CCNC4)CC3)c12.O=C(O)C(F)(F)F. The Kier molecular flexibility index (Phi) is 6.79. The molecule has 0 aromatic carbocycles. The number of hydrogen-bond donors (Lipinski definition) is 3. The van der Waals surface area contributed by atoms with Gasteiger partial charge in [-0.1, -0.05) is 0 Å². The number of carbonyl (C=O) groups is 1. The molecule has 0 unspecified atom stereocenters. The number of piperidine rings is 1. The zero-order valence-electron chi connectivity index (χ0n) is 19.3. The lowest BCUT2D eigenvalue weighted by atomic mass is 9.78. The third-order valence-electron chi connectivity index (χ3n) is 6.54. The average molecular weight is 493 g/mol. The summed E-state index contributed by atoms with van der Waals surface area (Å²) in [5.74, 6) is -0.439. The van der Waals surface area contributed by atoms with E-state index in [4.69, 9.17) is 24.6 Å². The van der Waals surface area contributed by atoms with Crippen LogP contribution in [0.5, 0.6) is 5.75 Å². The van der Waals surface area contributed by atoms with Crippen LogP contribution in [-0.2, 0) is 4.79 Å². The first-order valence-corrected chi connectivity index (χ1v) is 11.1. The molecule has 5 rings (SSSR count). The van der Waals surface area contributed by atoms with Gasteiger partial charge in [0.25, 0.3) is 0 Å². The van der Waals surface area contributed by atoms with E-state index in [1.807, 2.05) is 6.92 Å². The van der Waals surface area contributed by atoms with E-state index in [1.54, 1.807) is 25.7 Å². The zero-order chi connectivity index (χ0) is 25.2. The second kappa shape index (κ2) is 9.64. The van der Waals surface area contributed by atoms with Gasteiger partial charge >= 0.3 is 12.1 Å². The molecule has 2 aliphatic heterocycles. The molecule has 13 heteroatoms. The van der Waals surface area contributed by atoms with Gasteiger partial charge in [-0.25, -0.2) is 14.8 Å². The zero-order valence-corrected chi connectivity index (χ0v) is 19.3. The standard InChI is InChI=1S/C20H25N7O.C2HF3O2/c1-13-14(9-23-26-13)18-24-15-10-22-11-16(28-2)17(15)19(25-18)27-7-4-20(5-8-27)3-6-21-12-20;3-2(4,5)1(6)7/h9-11,21H,3-8,12H2,1-2H3,(H,23,26);(H,6,7). The molecule has 2 aliphatic rings. The van der Waals surface area contributed by atoms with Crippen molar-refractivity contribution in [2.24, 2.45) is 5.41 Å². The molecule has 2 fully saturated rings. The van der Waals surface area contributed by atoms with Crippen molar-refractivity contribution in [3.05, 3.63) is 24.3 Å². The number of nitrogens with one attached hydrogen (secondary N) is 2. The second-order valence-corrected chi connectivity index (χ2v) is 8.73. The van der Waals surface area contributed by atoms with Crippen molar-refractivity contribution in [2.45, 2.75) is 32.4 Å². The van der Waals surface area contributed by atoms with Crippen LogP contribution in [-0.4, -0.2) is 75.7 Å². The molecule has 10 nitrogen and oxygen atoms in total. The first kappa shape index (κ1) is 24.6. The van der Waals surface area contributed by atoms with E-state index in [0.29, 0.717) is 17.0 Å². The molecule has 35 heavy (non-hydrogen) atoms. The Morgan fingerprint density at radius 2 is 1.89 bits per heavy atom. The topological polar surface area (TPSA) is 129 Å². The minimum Gasteiger partial charge on any atom is -0.494 e. The number of anilines is 1. The van der Waals surface area contributed by atoms with E-state index in [9.17, 15) is 13.2 Å². The third kappa shape index (κ3) is 5.14. The molecule has 0 aliphatic carbocycles.